The third-order valence-electron chi connectivity index (χ3n) is 4.25. The first-order chi connectivity index (χ1) is 12.6. The number of aliphatic hydroxyl groups excluding tert-OH is 1. The number of hydrogen-bond donors (Lipinski definition) is 2. The second-order valence-electron chi connectivity index (χ2n) is 6.13. The predicted molar refractivity (Wildman–Crippen MR) is 94.5 cm³/mol. The molecule has 0 radical (unpaired) electrons. The van der Waals surface area contributed by atoms with Crippen LogP contribution in [0.25, 0.3) is 10.9 Å². The molecule has 3 rings (SSSR count). The molecule has 1 heterocycles. The van der Waals surface area contributed by atoms with Crippen molar-refractivity contribution in [2.24, 2.45) is 7.05 Å². The van der Waals surface area contributed by atoms with E-state index in [0.717, 1.165) is 23.0 Å². The quantitative estimate of drug-likeness (QED) is 0.693. The van der Waals surface area contributed by atoms with Crippen molar-refractivity contribution < 1.29 is 26.7 Å². The number of fused-ring (bicyclic) bond motifs is 1. The number of rotatable bonds is 5. The molecule has 0 spiro atoms. The first-order valence-electron chi connectivity index (χ1n) is 7.98. The zero-order valence-electron chi connectivity index (χ0n) is 14.2. The maximum absolute atomic E-state index is 12.6. The lowest BCUT2D eigenvalue weighted by molar-refractivity contribution is -0.137. The highest BCUT2D eigenvalue weighted by molar-refractivity contribution is 7.89. The van der Waals surface area contributed by atoms with E-state index >= 15 is 0 Å². The number of alkyl halides is 3. The molecule has 0 fully saturated rings. The molecule has 1 unspecified atom stereocenters. The van der Waals surface area contributed by atoms with Gasteiger partial charge in [0.2, 0.25) is 10.0 Å². The second kappa shape index (κ2) is 6.99. The van der Waals surface area contributed by atoms with E-state index in [2.05, 4.69) is 4.72 Å². The van der Waals surface area contributed by atoms with Gasteiger partial charge in [-0.1, -0.05) is 6.07 Å². The van der Waals surface area contributed by atoms with E-state index in [1.807, 2.05) is 29.9 Å². The average molecular weight is 398 g/mol. The van der Waals surface area contributed by atoms with Crippen molar-refractivity contribution in [2.45, 2.75) is 17.2 Å². The van der Waals surface area contributed by atoms with E-state index in [0.29, 0.717) is 17.7 Å². The minimum atomic E-state index is -4.54. The normalized spacial score (nSPS) is 13.8. The number of sulfonamides is 1. The van der Waals surface area contributed by atoms with Gasteiger partial charge in [0.1, 0.15) is 0 Å². The zero-order valence-corrected chi connectivity index (χ0v) is 15.1. The number of nitrogens with one attached hydrogen (secondary N) is 1. The predicted octanol–water partition coefficient (Wildman–Crippen LogP) is 3.21. The van der Waals surface area contributed by atoms with Crippen LogP contribution in [-0.4, -0.2) is 24.6 Å². The number of benzene rings is 2. The van der Waals surface area contributed by atoms with E-state index in [9.17, 15) is 26.7 Å². The molecule has 0 aliphatic carbocycles. The van der Waals surface area contributed by atoms with Crippen molar-refractivity contribution in [3.05, 3.63) is 65.9 Å². The topological polar surface area (TPSA) is 71.3 Å². The Labute approximate surface area is 154 Å². The van der Waals surface area contributed by atoms with E-state index in [4.69, 9.17) is 0 Å². The number of nitrogens with zero attached hydrogens (tertiary/aromatic N) is 1. The lowest BCUT2D eigenvalue weighted by Crippen LogP contribution is -2.28. The second-order valence-corrected chi connectivity index (χ2v) is 7.90. The van der Waals surface area contributed by atoms with Gasteiger partial charge in [0.15, 0.2) is 0 Å². The Hall–Kier alpha value is -2.36. The summed E-state index contributed by atoms with van der Waals surface area (Å²) in [6, 6.07) is 10.3. The van der Waals surface area contributed by atoms with Crippen LogP contribution in [0.2, 0.25) is 0 Å². The SMILES string of the molecule is Cn1ccc2cc(C(O)CNS(=O)(=O)c3ccc(C(F)(F)F)cc3)ccc21. The fourth-order valence-corrected chi connectivity index (χ4v) is 3.76. The van der Waals surface area contributed by atoms with Crippen molar-refractivity contribution in [3.8, 4) is 0 Å². The van der Waals surface area contributed by atoms with Crippen LogP contribution in [-0.2, 0) is 23.2 Å². The van der Waals surface area contributed by atoms with Crippen molar-refractivity contribution in [2.75, 3.05) is 6.54 Å². The van der Waals surface area contributed by atoms with Gasteiger partial charge < -0.3 is 9.67 Å². The molecule has 0 bridgehead atoms. The van der Waals surface area contributed by atoms with Crippen LogP contribution in [0.5, 0.6) is 0 Å². The number of halogens is 3. The molecular weight excluding hydrogens is 381 g/mol. The maximum atomic E-state index is 12.6. The van der Waals surface area contributed by atoms with E-state index in [-0.39, 0.29) is 11.4 Å². The fraction of sp³-hybridized carbons (Fsp3) is 0.222. The van der Waals surface area contributed by atoms with E-state index in [1.165, 1.54) is 0 Å². The number of aliphatic hydroxyl groups is 1. The summed E-state index contributed by atoms with van der Waals surface area (Å²) in [5.41, 5.74) is 0.567. The molecular formula is C18H17F3N2O3S. The standard InChI is InChI=1S/C18H17F3N2O3S/c1-23-9-8-12-10-13(2-7-16(12)23)17(24)11-22-27(25,26)15-5-3-14(4-6-15)18(19,20)21/h2-10,17,22,24H,11H2,1H3. The summed E-state index contributed by atoms with van der Waals surface area (Å²) < 4.78 is 66.3. The fourth-order valence-electron chi connectivity index (χ4n) is 2.72. The summed E-state index contributed by atoms with van der Waals surface area (Å²) in [4.78, 5) is -0.304. The van der Waals surface area contributed by atoms with E-state index in [1.54, 1.807) is 12.1 Å². The van der Waals surface area contributed by atoms with Gasteiger partial charge in [-0.3, -0.25) is 0 Å². The van der Waals surface area contributed by atoms with Gasteiger partial charge in [-0.15, -0.1) is 0 Å². The van der Waals surface area contributed by atoms with Gasteiger partial charge in [-0.25, -0.2) is 13.1 Å². The van der Waals surface area contributed by atoms with Crippen molar-refractivity contribution in [1.29, 1.82) is 0 Å². The first-order valence-corrected chi connectivity index (χ1v) is 9.46. The summed E-state index contributed by atoms with van der Waals surface area (Å²) in [6.07, 6.45) is -3.77. The monoisotopic (exact) mass is 398 g/mol. The lowest BCUT2D eigenvalue weighted by atomic mass is 10.1. The molecule has 27 heavy (non-hydrogen) atoms. The third kappa shape index (κ3) is 4.15. The van der Waals surface area contributed by atoms with Crippen LogP contribution in [0, 0.1) is 0 Å². The molecule has 2 aromatic carbocycles. The van der Waals surface area contributed by atoms with Crippen LogP contribution < -0.4 is 4.72 Å². The van der Waals surface area contributed by atoms with Crippen LogP contribution in [0.3, 0.4) is 0 Å². The smallest absolute Gasteiger partial charge is 0.387 e. The van der Waals surface area contributed by atoms with Crippen LogP contribution in [0.15, 0.2) is 59.6 Å². The average Bonchev–Trinajstić information content (AvgIpc) is 2.99. The number of aromatic nitrogens is 1. The van der Waals surface area contributed by atoms with Crippen molar-refractivity contribution >= 4 is 20.9 Å². The van der Waals surface area contributed by atoms with Gasteiger partial charge >= 0.3 is 6.18 Å². The first kappa shape index (κ1) is 19.4. The molecule has 9 heteroatoms. The molecule has 2 N–H and O–H groups in total. The number of hydrogen-bond acceptors (Lipinski definition) is 3. The molecule has 1 atom stereocenters. The number of aryl methyl sites for hydroxylation is 1. The summed E-state index contributed by atoms with van der Waals surface area (Å²) in [6.45, 7) is -0.304. The third-order valence-corrected chi connectivity index (χ3v) is 5.69. The molecule has 5 nitrogen and oxygen atoms in total. The van der Waals surface area contributed by atoms with Gasteiger partial charge in [0.25, 0.3) is 0 Å². The largest absolute Gasteiger partial charge is 0.416 e. The summed E-state index contributed by atoms with van der Waals surface area (Å²) >= 11 is 0. The Morgan fingerprint density at radius 1 is 1.11 bits per heavy atom. The Kier molecular flexibility index (Phi) is 5.02. The summed E-state index contributed by atoms with van der Waals surface area (Å²) in [7, 11) is -2.16. The minimum Gasteiger partial charge on any atom is -0.387 e. The Morgan fingerprint density at radius 3 is 2.41 bits per heavy atom. The Balaban J connectivity index is 1.71. The highest BCUT2D eigenvalue weighted by atomic mass is 32.2. The van der Waals surface area contributed by atoms with Crippen molar-refractivity contribution in [3.63, 3.8) is 0 Å². The van der Waals surface area contributed by atoms with Gasteiger partial charge in [-0.2, -0.15) is 13.2 Å². The molecule has 0 amide bonds. The highest BCUT2D eigenvalue weighted by Crippen LogP contribution is 2.29. The molecule has 0 aliphatic heterocycles. The Morgan fingerprint density at radius 2 is 1.78 bits per heavy atom. The van der Waals surface area contributed by atoms with Gasteiger partial charge in [-0.05, 0) is 53.4 Å². The zero-order chi connectivity index (χ0) is 19.8. The lowest BCUT2D eigenvalue weighted by Gasteiger charge is -2.14. The van der Waals surface area contributed by atoms with Gasteiger partial charge in [0.05, 0.1) is 16.6 Å². The maximum Gasteiger partial charge on any atom is 0.416 e. The van der Waals surface area contributed by atoms with Crippen LogP contribution in [0.1, 0.15) is 17.2 Å². The summed E-state index contributed by atoms with van der Waals surface area (Å²) in [5, 5.41) is 11.2. The van der Waals surface area contributed by atoms with Gasteiger partial charge in [0, 0.05) is 25.3 Å². The van der Waals surface area contributed by atoms with Crippen molar-refractivity contribution in [1.82, 2.24) is 9.29 Å². The highest BCUT2D eigenvalue weighted by Gasteiger charge is 2.30. The Bertz CT molecular complexity index is 1060. The van der Waals surface area contributed by atoms with Crippen LogP contribution >= 0.6 is 0 Å². The minimum absolute atomic E-state index is 0.304. The molecule has 0 aliphatic rings. The molecule has 0 saturated heterocycles. The summed E-state index contributed by atoms with van der Waals surface area (Å²) in [5.74, 6) is 0. The van der Waals surface area contributed by atoms with E-state index < -0.39 is 27.9 Å². The molecule has 3 aromatic rings. The molecule has 144 valence electrons. The molecule has 0 saturated carbocycles. The van der Waals surface area contributed by atoms with Crippen LogP contribution in [0.4, 0.5) is 13.2 Å². The molecule has 1 aromatic heterocycles.